The number of nitrogens with zero attached hydrogens (tertiary/aromatic N) is 5. The Labute approximate surface area is 232 Å². The second-order valence-corrected chi connectivity index (χ2v) is 10.0. The molecule has 4 aromatic rings. The van der Waals surface area contributed by atoms with Gasteiger partial charge < -0.3 is 29.5 Å². The number of anilines is 2. The number of phenols is 1. The van der Waals surface area contributed by atoms with Crippen LogP contribution in [0.1, 0.15) is 43.4 Å². The van der Waals surface area contributed by atoms with Crippen molar-refractivity contribution < 1.29 is 24.1 Å². The van der Waals surface area contributed by atoms with Crippen LogP contribution in [-0.2, 0) is 6.54 Å². The van der Waals surface area contributed by atoms with Crippen molar-refractivity contribution in [3.8, 4) is 17.2 Å². The minimum absolute atomic E-state index is 0.0702. The zero-order chi connectivity index (χ0) is 28.2. The number of aliphatic hydroxyl groups excluding tert-OH is 1. The Hall–Kier alpha value is -4.18. The lowest BCUT2D eigenvalue weighted by atomic mass is 10.0. The van der Waals surface area contributed by atoms with Crippen LogP contribution in [0.25, 0.3) is 11.0 Å². The average molecular weight is 548 g/mol. The molecule has 0 amide bonds. The van der Waals surface area contributed by atoms with Gasteiger partial charge in [0.2, 0.25) is 0 Å². The van der Waals surface area contributed by atoms with Gasteiger partial charge in [0, 0.05) is 36.8 Å². The van der Waals surface area contributed by atoms with Crippen LogP contribution < -0.4 is 19.3 Å². The van der Waals surface area contributed by atoms with Gasteiger partial charge in [-0.05, 0) is 68.7 Å². The van der Waals surface area contributed by atoms with Crippen molar-refractivity contribution in [1.29, 1.82) is 0 Å². The predicted molar refractivity (Wildman–Crippen MR) is 152 cm³/mol. The minimum atomic E-state index is -0.499. The first-order chi connectivity index (χ1) is 19.4. The number of hydrogen-bond acceptors (Lipinski definition) is 9. The molecule has 0 aliphatic carbocycles. The summed E-state index contributed by atoms with van der Waals surface area (Å²) in [6, 6.07) is 13.3. The van der Waals surface area contributed by atoms with Gasteiger partial charge in [0.1, 0.15) is 40.7 Å². The molecule has 10 heteroatoms. The van der Waals surface area contributed by atoms with E-state index in [4.69, 9.17) is 14.5 Å². The highest BCUT2D eigenvalue weighted by Crippen LogP contribution is 2.40. The van der Waals surface area contributed by atoms with Crippen LogP contribution >= 0.6 is 0 Å². The molecular weight excluding hydrogens is 513 g/mol. The van der Waals surface area contributed by atoms with E-state index < -0.39 is 6.10 Å². The van der Waals surface area contributed by atoms with Crippen molar-refractivity contribution in [3.05, 3.63) is 71.8 Å². The number of ether oxygens (including phenoxy) is 2. The monoisotopic (exact) mass is 547 g/mol. The number of aliphatic hydroxyl groups is 1. The summed E-state index contributed by atoms with van der Waals surface area (Å²) in [6.07, 6.45) is 3.20. The molecule has 9 nitrogen and oxygen atoms in total. The second-order valence-electron chi connectivity index (χ2n) is 10.0. The van der Waals surface area contributed by atoms with Crippen LogP contribution in [0.15, 0.2) is 54.9 Å². The molecule has 40 heavy (non-hydrogen) atoms. The summed E-state index contributed by atoms with van der Waals surface area (Å²) >= 11 is 0. The van der Waals surface area contributed by atoms with E-state index in [0.717, 1.165) is 24.9 Å². The summed E-state index contributed by atoms with van der Waals surface area (Å²) in [5, 5.41) is 20.6. The Morgan fingerprint density at radius 3 is 2.73 bits per heavy atom. The van der Waals surface area contributed by atoms with Crippen molar-refractivity contribution in [2.75, 3.05) is 37.1 Å². The third-order valence-corrected chi connectivity index (χ3v) is 7.32. The Bertz CT molecular complexity index is 1480. The first kappa shape index (κ1) is 27.4. The van der Waals surface area contributed by atoms with Gasteiger partial charge in [-0.1, -0.05) is 0 Å². The van der Waals surface area contributed by atoms with E-state index in [0.29, 0.717) is 59.2 Å². The van der Waals surface area contributed by atoms with Crippen molar-refractivity contribution >= 4 is 22.7 Å². The first-order valence-electron chi connectivity index (χ1n) is 13.4. The topological polar surface area (TPSA) is 104 Å². The molecule has 0 bridgehead atoms. The van der Waals surface area contributed by atoms with Gasteiger partial charge in [0.25, 0.3) is 0 Å². The molecule has 2 aromatic heterocycles. The third-order valence-electron chi connectivity index (χ3n) is 7.32. The van der Waals surface area contributed by atoms with Gasteiger partial charge in [-0.25, -0.2) is 19.3 Å². The second kappa shape index (κ2) is 11.9. The van der Waals surface area contributed by atoms with Crippen LogP contribution in [0.5, 0.6) is 17.2 Å². The Balaban J connectivity index is 1.54. The fraction of sp³-hybridized carbons (Fsp3) is 0.367. The largest absolute Gasteiger partial charge is 0.508 e. The summed E-state index contributed by atoms with van der Waals surface area (Å²) in [4.78, 5) is 18.3. The molecule has 2 atom stereocenters. The average Bonchev–Trinajstić information content (AvgIpc) is 3.45. The molecule has 0 spiro atoms. The van der Waals surface area contributed by atoms with Gasteiger partial charge in [0.15, 0.2) is 5.82 Å². The summed E-state index contributed by atoms with van der Waals surface area (Å²) in [5.41, 5.74) is 2.78. The number of pyridine rings is 1. The van der Waals surface area contributed by atoms with E-state index in [1.807, 2.05) is 30.3 Å². The summed E-state index contributed by atoms with van der Waals surface area (Å²) in [7, 11) is 3.23. The summed E-state index contributed by atoms with van der Waals surface area (Å²) < 4.78 is 25.1. The van der Waals surface area contributed by atoms with Gasteiger partial charge in [-0.3, -0.25) is 0 Å². The molecule has 1 unspecified atom stereocenters. The van der Waals surface area contributed by atoms with Gasteiger partial charge in [0.05, 0.1) is 31.9 Å². The lowest BCUT2D eigenvalue weighted by molar-refractivity contribution is 0.186. The highest BCUT2D eigenvalue weighted by Gasteiger charge is 2.30. The lowest BCUT2D eigenvalue weighted by Crippen LogP contribution is -2.28. The van der Waals surface area contributed by atoms with E-state index >= 15 is 0 Å². The molecule has 1 aliphatic heterocycles. The number of halogens is 1. The number of aromatic nitrogens is 3. The molecule has 1 saturated heterocycles. The SMILES string of the molecule is COc1ccc(CN(CCC(C)O)c2ncnc3ccc(N4CCC[C@@H]4c4cc(F)ccc4O)nc23)c(OC)c1. The number of methoxy groups -OCH3 is 2. The third kappa shape index (κ3) is 5.72. The number of aromatic hydroxyl groups is 1. The van der Waals surface area contributed by atoms with Gasteiger partial charge in [-0.2, -0.15) is 0 Å². The molecule has 5 rings (SSSR count). The smallest absolute Gasteiger partial charge is 0.159 e. The molecular formula is C30H34FN5O4. The van der Waals surface area contributed by atoms with Crippen LogP contribution in [0.2, 0.25) is 0 Å². The van der Waals surface area contributed by atoms with E-state index in [2.05, 4.69) is 19.8 Å². The number of fused-ring (bicyclic) bond motifs is 1. The van der Waals surface area contributed by atoms with E-state index in [9.17, 15) is 14.6 Å². The Morgan fingerprint density at radius 1 is 1.10 bits per heavy atom. The van der Waals surface area contributed by atoms with Crippen LogP contribution in [0, 0.1) is 5.82 Å². The predicted octanol–water partition coefficient (Wildman–Crippen LogP) is 5.01. The highest BCUT2D eigenvalue weighted by molar-refractivity contribution is 5.87. The van der Waals surface area contributed by atoms with Gasteiger partial charge in [-0.15, -0.1) is 0 Å². The van der Waals surface area contributed by atoms with Crippen molar-refractivity contribution in [2.45, 2.75) is 44.9 Å². The van der Waals surface area contributed by atoms with Crippen LogP contribution in [-0.4, -0.2) is 58.6 Å². The van der Waals surface area contributed by atoms with Gasteiger partial charge >= 0.3 is 0 Å². The normalized spacial score (nSPS) is 15.8. The molecule has 0 radical (unpaired) electrons. The van der Waals surface area contributed by atoms with Crippen LogP contribution in [0.4, 0.5) is 16.0 Å². The molecule has 1 fully saturated rings. The number of phenolic OH excluding ortho intramolecular Hbond substituents is 1. The maximum absolute atomic E-state index is 14.1. The maximum atomic E-state index is 14.1. The zero-order valence-electron chi connectivity index (χ0n) is 22.9. The molecule has 210 valence electrons. The fourth-order valence-corrected chi connectivity index (χ4v) is 5.26. The molecule has 2 aromatic carbocycles. The zero-order valence-corrected chi connectivity index (χ0v) is 22.9. The highest BCUT2D eigenvalue weighted by atomic mass is 19.1. The molecule has 2 N–H and O–H groups in total. The summed E-state index contributed by atoms with van der Waals surface area (Å²) in [5.74, 6) is 2.40. The van der Waals surface area contributed by atoms with E-state index in [1.165, 1.54) is 24.5 Å². The van der Waals surface area contributed by atoms with Crippen LogP contribution in [0.3, 0.4) is 0 Å². The fourth-order valence-electron chi connectivity index (χ4n) is 5.26. The first-order valence-corrected chi connectivity index (χ1v) is 13.4. The summed E-state index contributed by atoms with van der Waals surface area (Å²) in [6.45, 7) is 3.46. The molecule has 1 aliphatic rings. The Kier molecular flexibility index (Phi) is 8.16. The standard InChI is InChI=1S/C30H34FN5O4/c1-19(37)12-14-35(17-20-6-8-22(39-2)16-27(20)40-3)30-29-24(32-18-33-30)9-11-28(34-29)36-13-4-5-25(36)23-15-21(31)7-10-26(23)38/h6-11,15-16,18-19,25,37-38H,4-5,12-14,17H2,1-3H3/t19?,25-/m1/s1. The Morgan fingerprint density at radius 2 is 1.95 bits per heavy atom. The number of rotatable bonds is 10. The van der Waals surface area contributed by atoms with Crippen molar-refractivity contribution in [1.82, 2.24) is 15.0 Å². The number of hydrogen-bond donors (Lipinski definition) is 2. The minimum Gasteiger partial charge on any atom is -0.508 e. The van der Waals surface area contributed by atoms with E-state index in [-0.39, 0.29) is 17.6 Å². The van der Waals surface area contributed by atoms with E-state index in [1.54, 1.807) is 21.1 Å². The molecule has 0 saturated carbocycles. The lowest BCUT2D eigenvalue weighted by Gasteiger charge is -2.28. The van der Waals surface area contributed by atoms with Crippen molar-refractivity contribution in [3.63, 3.8) is 0 Å². The number of benzene rings is 2. The molecule has 3 heterocycles. The maximum Gasteiger partial charge on any atom is 0.159 e. The van der Waals surface area contributed by atoms with Crippen molar-refractivity contribution in [2.24, 2.45) is 0 Å². The quantitative estimate of drug-likeness (QED) is 0.284.